The van der Waals surface area contributed by atoms with E-state index in [2.05, 4.69) is 5.32 Å². The van der Waals surface area contributed by atoms with E-state index in [1.165, 1.54) is 23.6 Å². The molecule has 1 saturated carbocycles. The molecule has 0 aromatic carbocycles. The number of rotatable bonds is 5. The van der Waals surface area contributed by atoms with E-state index in [0.717, 1.165) is 12.8 Å². The predicted octanol–water partition coefficient (Wildman–Crippen LogP) is -0.0743. The summed E-state index contributed by atoms with van der Waals surface area (Å²) in [6.07, 6.45) is 6.99. The summed E-state index contributed by atoms with van der Waals surface area (Å²) in [6, 6.07) is 0.0454. The van der Waals surface area contributed by atoms with Gasteiger partial charge in [-0.25, -0.2) is 5.14 Å². The molecule has 1 amide bonds. The second-order valence-electron chi connectivity index (χ2n) is 6.47. The van der Waals surface area contributed by atoms with E-state index in [0.29, 0.717) is 38.4 Å². The van der Waals surface area contributed by atoms with Crippen LogP contribution in [0.25, 0.3) is 0 Å². The minimum Gasteiger partial charge on any atom is -0.352 e. The van der Waals surface area contributed by atoms with Crippen molar-refractivity contribution in [2.45, 2.75) is 51.0 Å². The molecule has 1 aliphatic heterocycles. The van der Waals surface area contributed by atoms with Crippen molar-refractivity contribution >= 4 is 16.1 Å². The lowest BCUT2D eigenvalue weighted by atomic mass is 9.83. The smallest absolute Gasteiger partial charge is 0.276 e. The van der Waals surface area contributed by atoms with Gasteiger partial charge >= 0.3 is 0 Å². The molecule has 1 aliphatic carbocycles. The normalized spacial score (nSPS) is 24.1. The monoisotopic (exact) mass is 332 g/mol. The molecule has 2 fully saturated rings. The van der Waals surface area contributed by atoms with Gasteiger partial charge in [-0.05, 0) is 31.6 Å². The van der Waals surface area contributed by atoms with E-state index < -0.39 is 10.2 Å². The lowest BCUT2D eigenvalue weighted by Gasteiger charge is -2.33. The SMILES string of the molecule is NCC(NC(=O)C1CCN(S(N)(=O)=O)CC1)C1CCCCC1. The fraction of sp³-hybridized carbons (Fsp3) is 0.929. The van der Waals surface area contributed by atoms with Crippen LogP contribution < -0.4 is 16.2 Å². The Kier molecular flexibility index (Phi) is 6.19. The van der Waals surface area contributed by atoms with Gasteiger partial charge in [0.2, 0.25) is 5.91 Å². The van der Waals surface area contributed by atoms with Crippen LogP contribution in [0.15, 0.2) is 0 Å². The molecule has 0 spiro atoms. The van der Waals surface area contributed by atoms with Gasteiger partial charge in [0.05, 0.1) is 0 Å². The van der Waals surface area contributed by atoms with Crippen LogP contribution in [0.5, 0.6) is 0 Å². The fourth-order valence-electron chi connectivity index (χ4n) is 3.58. The maximum Gasteiger partial charge on any atom is 0.276 e. The quantitative estimate of drug-likeness (QED) is 0.652. The standard InChI is InChI=1S/C14H28N4O3S/c15-10-13(11-4-2-1-3-5-11)17-14(19)12-6-8-18(9-7-12)22(16,20)21/h11-13H,1-10,15H2,(H,17,19)(H2,16,20,21). The molecule has 8 heteroatoms. The molecule has 0 aromatic heterocycles. The Morgan fingerprint density at radius 2 is 1.73 bits per heavy atom. The van der Waals surface area contributed by atoms with Crippen molar-refractivity contribution in [2.75, 3.05) is 19.6 Å². The second kappa shape index (κ2) is 7.72. The Morgan fingerprint density at radius 3 is 2.23 bits per heavy atom. The molecule has 7 nitrogen and oxygen atoms in total. The summed E-state index contributed by atoms with van der Waals surface area (Å²) in [7, 11) is -3.64. The number of amides is 1. The van der Waals surface area contributed by atoms with Crippen molar-refractivity contribution in [1.82, 2.24) is 9.62 Å². The molecule has 128 valence electrons. The minimum atomic E-state index is -3.64. The predicted molar refractivity (Wildman–Crippen MR) is 85.0 cm³/mol. The number of nitrogens with two attached hydrogens (primary N) is 2. The van der Waals surface area contributed by atoms with Crippen molar-refractivity contribution < 1.29 is 13.2 Å². The highest BCUT2D eigenvalue weighted by molar-refractivity contribution is 7.86. The van der Waals surface area contributed by atoms with E-state index >= 15 is 0 Å². The number of carbonyl (C=O) groups excluding carboxylic acids is 1. The fourth-order valence-corrected chi connectivity index (χ4v) is 4.30. The number of piperidine rings is 1. The van der Waals surface area contributed by atoms with E-state index in [-0.39, 0.29) is 17.9 Å². The summed E-state index contributed by atoms with van der Waals surface area (Å²) in [5, 5.41) is 8.21. The summed E-state index contributed by atoms with van der Waals surface area (Å²) < 4.78 is 23.8. The zero-order chi connectivity index (χ0) is 16.2. The third kappa shape index (κ3) is 4.65. The first kappa shape index (κ1) is 17.7. The summed E-state index contributed by atoms with van der Waals surface area (Å²) in [5.74, 6) is 0.345. The summed E-state index contributed by atoms with van der Waals surface area (Å²) in [5.41, 5.74) is 5.84. The van der Waals surface area contributed by atoms with Crippen molar-refractivity contribution in [3.63, 3.8) is 0 Å². The van der Waals surface area contributed by atoms with E-state index in [1.807, 2.05) is 0 Å². The van der Waals surface area contributed by atoms with Crippen molar-refractivity contribution in [3.05, 3.63) is 0 Å². The van der Waals surface area contributed by atoms with E-state index in [1.54, 1.807) is 0 Å². The van der Waals surface area contributed by atoms with Crippen LogP contribution in [0.3, 0.4) is 0 Å². The van der Waals surface area contributed by atoms with Crippen LogP contribution in [0, 0.1) is 11.8 Å². The summed E-state index contributed by atoms with van der Waals surface area (Å²) in [6.45, 7) is 1.09. The molecule has 0 radical (unpaired) electrons. The Bertz CT molecular complexity index is 468. The molecule has 2 rings (SSSR count). The molecule has 1 heterocycles. The van der Waals surface area contributed by atoms with E-state index in [9.17, 15) is 13.2 Å². The molecule has 5 N–H and O–H groups in total. The van der Waals surface area contributed by atoms with Gasteiger partial charge in [0, 0.05) is 31.6 Å². The molecule has 0 aromatic rings. The van der Waals surface area contributed by atoms with Crippen LogP contribution in [0.4, 0.5) is 0 Å². The van der Waals surface area contributed by atoms with Crippen LogP contribution >= 0.6 is 0 Å². The highest BCUT2D eigenvalue weighted by Gasteiger charge is 2.31. The number of hydrogen-bond donors (Lipinski definition) is 3. The van der Waals surface area contributed by atoms with Crippen LogP contribution in [-0.4, -0.2) is 44.3 Å². The first-order chi connectivity index (χ1) is 10.4. The third-order valence-electron chi connectivity index (χ3n) is 4.99. The Morgan fingerprint density at radius 1 is 1.14 bits per heavy atom. The Labute approximate surface area is 133 Å². The van der Waals surface area contributed by atoms with Crippen LogP contribution in [0.1, 0.15) is 44.9 Å². The maximum absolute atomic E-state index is 12.4. The van der Waals surface area contributed by atoms with Crippen LogP contribution in [0.2, 0.25) is 0 Å². The zero-order valence-electron chi connectivity index (χ0n) is 13.0. The summed E-state index contributed by atoms with van der Waals surface area (Å²) in [4.78, 5) is 12.4. The lowest BCUT2D eigenvalue weighted by molar-refractivity contribution is -0.127. The Hall–Kier alpha value is -0.700. The highest BCUT2D eigenvalue weighted by atomic mass is 32.2. The van der Waals surface area contributed by atoms with Crippen molar-refractivity contribution in [3.8, 4) is 0 Å². The Balaban J connectivity index is 1.84. The largest absolute Gasteiger partial charge is 0.352 e. The highest BCUT2D eigenvalue weighted by Crippen LogP contribution is 2.27. The lowest BCUT2D eigenvalue weighted by Crippen LogP contribution is -2.50. The first-order valence-corrected chi connectivity index (χ1v) is 9.70. The van der Waals surface area contributed by atoms with Gasteiger partial charge in [-0.2, -0.15) is 12.7 Å². The van der Waals surface area contributed by atoms with Gasteiger partial charge in [-0.3, -0.25) is 4.79 Å². The number of hydrogen-bond acceptors (Lipinski definition) is 4. The average Bonchev–Trinajstić information content (AvgIpc) is 2.52. The van der Waals surface area contributed by atoms with Crippen molar-refractivity contribution in [1.29, 1.82) is 0 Å². The maximum atomic E-state index is 12.4. The zero-order valence-corrected chi connectivity index (χ0v) is 13.9. The number of carbonyl (C=O) groups is 1. The van der Waals surface area contributed by atoms with Gasteiger partial charge in [0.15, 0.2) is 0 Å². The molecular formula is C14H28N4O3S. The van der Waals surface area contributed by atoms with E-state index in [4.69, 9.17) is 10.9 Å². The summed E-state index contributed by atoms with van der Waals surface area (Å²) >= 11 is 0. The average molecular weight is 332 g/mol. The van der Waals surface area contributed by atoms with Gasteiger partial charge in [0.1, 0.15) is 0 Å². The first-order valence-electron chi connectivity index (χ1n) is 8.20. The molecular weight excluding hydrogens is 304 g/mol. The third-order valence-corrected chi connectivity index (χ3v) is 6.07. The van der Waals surface area contributed by atoms with Gasteiger partial charge < -0.3 is 11.1 Å². The number of nitrogens with zero attached hydrogens (tertiary/aromatic N) is 1. The molecule has 1 saturated heterocycles. The van der Waals surface area contributed by atoms with Gasteiger partial charge in [-0.15, -0.1) is 0 Å². The molecule has 2 aliphatic rings. The van der Waals surface area contributed by atoms with Gasteiger partial charge in [0.25, 0.3) is 10.2 Å². The van der Waals surface area contributed by atoms with Crippen LogP contribution in [-0.2, 0) is 15.0 Å². The number of nitrogens with one attached hydrogen (secondary N) is 1. The minimum absolute atomic E-state index is 0.00935. The van der Waals surface area contributed by atoms with Gasteiger partial charge in [-0.1, -0.05) is 19.3 Å². The van der Waals surface area contributed by atoms with Crippen molar-refractivity contribution in [2.24, 2.45) is 22.7 Å². The second-order valence-corrected chi connectivity index (χ2v) is 8.01. The molecule has 22 heavy (non-hydrogen) atoms. The molecule has 0 bridgehead atoms. The topological polar surface area (TPSA) is 119 Å². The molecule has 1 atom stereocenters. The molecule has 1 unspecified atom stereocenters.